The molecule has 1 heterocycles. The van der Waals surface area contributed by atoms with Crippen LogP contribution in [0.15, 0.2) is 12.1 Å². The van der Waals surface area contributed by atoms with Gasteiger partial charge in [-0.3, -0.25) is 9.59 Å². The van der Waals surface area contributed by atoms with Crippen molar-refractivity contribution in [3.05, 3.63) is 23.3 Å². The normalized spacial score (nSPS) is 18.6. The van der Waals surface area contributed by atoms with Crippen molar-refractivity contribution in [1.82, 2.24) is 10.6 Å². The molecule has 0 spiro atoms. The number of nitrogens with one attached hydrogen (secondary N) is 2. The van der Waals surface area contributed by atoms with Crippen LogP contribution in [0.2, 0.25) is 0 Å². The molecule has 2 atom stereocenters. The Balaban J connectivity index is 0.000000809. The fourth-order valence-corrected chi connectivity index (χ4v) is 3.61. The number of aliphatic carboxylic acids is 2. The van der Waals surface area contributed by atoms with Crippen molar-refractivity contribution in [1.29, 1.82) is 0 Å². The Bertz CT molecular complexity index is 1010. The number of amides is 2. The van der Waals surface area contributed by atoms with E-state index in [1.807, 2.05) is 0 Å². The van der Waals surface area contributed by atoms with Gasteiger partial charge in [-0.25, -0.2) is 14.4 Å². The number of thioether (sulfide) groups is 1. The minimum atomic E-state index is -5.08. The average Bonchev–Trinajstić information content (AvgIpc) is 2.75. The molecule has 0 bridgehead atoms. The van der Waals surface area contributed by atoms with E-state index in [1.165, 1.54) is 0 Å². The number of fused-ring (bicyclic) bond motifs is 1. The van der Waals surface area contributed by atoms with Gasteiger partial charge in [0.1, 0.15) is 30.2 Å². The molecule has 1 aromatic rings. The van der Waals surface area contributed by atoms with Gasteiger partial charge in [0.25, 0.3) is 0 Å². The summed E-state index contributed by atoms with van der Waals surface area (Å²) in [5.74, 6) is -7.15. The van der Waals surface area contributed by atoms with Gasteiger partial charge in [-0.15, -0.1) is 0 Å². The van der Waals surface area contributed by atoms with Crippen LogP contribution in [-0.4, -0.2) is 87.3 Å². The van der Waals surface area contributed by atoms with Crippen molar-refractivity contribution in [3.8, 4) is 11.5 Å². The van der Waals surface area contributed by atoms with E-state index in [4.69, 9.17) is 20.4 Å². The van der Waals surface area contributed by atoms with Crippen LogP contribution >= 0.6 is 11.8 Å². The van der Waals surface area contributed by atoms with Crippen molar-refractivity contribution >= 4 is 41.5 Å². The molecular weight excluding hydrogens is 519 g/mol. The second-order valence-corrected chi connectivity index (χ2v) is 8.00. The third-order valence-corrected chi connectivity index (χ3v) is 5.29. The number of halogens is 3. The maximum absolute atomic E-state index is 12.4. The second-order valence-electron chi connectivity index (χ2n) is 6.97. The number of aromatic hydroxyl groups is 2. The number of alkyl halides is 3. The summed E-state index contributed by atoms with van der Waals surface area (Å²) in [7, 11) is 0. The molecule has 2 rings (SSSR count). The average molecular weight is 541 g/mol. The first kappa shape index (κ1) is 30.3. The Labute approximate surface area is 204 Å². The van der Waals surface area contributed by atoms with E-state index in [9.17, 15) is 47.7 Å². The van der Waals surface area contributed by atoms with Crippen LogP contribution < -0.4 is 16.4 Å². The molecule has 0 aromatic heterocycles. The zero-order valence-corrected chi connectivity index (χ0v) is 19.0. The van der Waals surface area contributed by atoms with Gasteiger partial charge < -0.3 is 41.5 Å². The summed E-state index contributed by atoms with van der Waals surface area (Å²) < 4.78 is 36.8. The molecule has 0 saturated heterocycles. The van der Waals surface area contributed by atoms with Gasteiger partial charge in [0.05, 0.1) is 5.56 Å². The number of esters is 1. The van der Waals surface area contributed by atoms with Crippen molar-refractivity contribution in [2.24, 2.45) is 5.73 Å². The largest absolute Gasteiger partial charge is 0.508 e. The molecule has 200 valence electrons. The minimum Gasteiger partial charge on any atom is -0.508 e. The van der Waals surface area contributed by atoms with Crippen molar-refractivity contribution in [2.75, 3.05) is 18.9 Å². The number of nitrogens with two attached hydrogens (primary N) is 1. The molecule has 0 fully saturated rings. The quantitative estimate of drug-likeness (QED) is 0.240. The summed E-state index contributed by atoms with van der Waals surface area (Å²) in [5, 5.41) is 40.9. The molecule has 13 nitrogen and oxygen atoms in total. The van der Waals surface area contributed by atoms with Gasteiger partial charge in [-0.2, -0.15) is 24.9 Å². The lowest BCUT2D eigenvalue weighted by Gasteiger charge is -2.23. The Kier molecular flexibility index (Phi) is 11.3. The van der Waals surface area contributed by atoms with E-state index in [0.29, 0.717) is 0 Å². The number of hydrogen-bond donors (Lipinski definition) is 7. The summed E-state index contributed by atoms with van der Waals surface area (Å²) in [6.07, 6.45) is -5.17. The lowest BCUT2D eigenvalue weighted by atomic mass is 10.1. The summed E-state index contributed by atoms with van der Waals surface area (Å²) in [5.41, 5.74) is 5.32. The van der Waals surface area contributed by atoms with Gasteiger partial charge in [-0.1, -0.05) is 0 Å². The van der Waals surface area contributed by atoms with Crippen LogP contribution in [0.4, 0.5) is 13.2 Å². The lowest BCUT2D eigenvalue weighted by Crippen LogP contribution is -2.54. The Hall–Kier alpha value is -3.73. The third kappa shape index (κ3) is 9.49. The number of carbonyl (C=O) groups excluding carboxylic acids is 3. The molecule has 1 aliphatic heterocycles. The zero-order chi connectivity index (χ0) is 27.6. The Morgan fingerprint density at radius 1 is 1.19 bits per heavy atom. The summed E-state index contributed by atoms with van der Waals surface area (Å²) in [6, 6.07) is -0.483. The number of phenols is 2. The van der Waals surface area contributed by atoms with Crippen LogP contribution in [0.3, 0.4) is 0 Å². The molecule has 0 radical (unpaired) electrons. The van der Waals surface area contributed by atoms with Crippen LogP contribution in [0.25, 0.3) is 0 Å². The highest BCUT2D eigenvalue weighted by Crippen LogP contribution is 2.31. The van der Waals surface area contributed by atoms with Crippen LogP contribution in [-0.2, 0) is 29.7 Å². The highest BCUT2D eigenvalue weighted by molar-refractivity contribution is 7.98. The van der Waals surface area contributed by atoms with Crippen LogP contribution in [0.5, 0.6) is 11.5 Å². The molecule has 1 aliphatic rings. The fraction of sp³-hybridized carbons (Fsp3) is 0.421. The van der Waals surface area contributed by atoms with Gasteiger partial charge in [0.2, 0.25) is 11.8 Å². The number of rotatable bonds is 4. The predicted octanol–water partition coefficient (Wildman–Crippen LogP) is -0.462. The number of phenolic OH excluding ortho intramolecular Hbond substituents is 2. The van der Waals surface area contributed by atoms with Crippen LogP contribution in [0.1, 0.15) is 22.3 Å². The number of cyclic esters (lactones) is 1. The molecule has 0 aliphatic carbocycles. The molecule has 36 heavy (non-hydrogen) atoms. The molecular formula is C19H22F3N3O10S. The van der Waals surface area contributed by atoms with Crippen LogP contribution in [0, 0.1) is 0 Å². The standard InChI is InChI=1S/C17H21N3O8S.C2HF3O2/c18-2-1-14(23)19-11-5-28-17(27)9-3-8(21)4-13(22)10(9)6-29-7-12(16(25)26)20-15(11)24;3-2(4,5)1(6)7/h3-4,11-12,21-22H,1-2,5-7,18H2,(H,19,23)(H,20,24)(H,25,26);(H,6,7)/t11-,12-;/m0./s1. The van der Waals surface area contributed by atoms with E-state index in [2.05, 4.69) is 10.6 Å². The van der Waals surface area contributed by atoms with Gasteiger partial charge in [0.15, 0.2) is 0 Å². The molecule has 17 heteroatoms. The summed E-state index contributed by atoms with van der Waals surface area (Å²) in [4.78, 5) is 57.1. The zero-order valence-electron chi connectivity index (χ0n) is 18.2. The fourth-order valence-electron chi connectivity index (χ4n) is 2.52. The van der Waals surface area contributed by atoms with Gasteiger partial charge >= 0.3 is 24.1 Å². The van der Waals surface area contributed by atoms with E-state index in [0.717, 1.165) is 23.9 Å². The third-order valence-electron chi connectivity index (χ3n) is 4.22. The lowest BCUT2D eigenvalue weighted by molar-refractivity contribution is -0.192. The number of carboxylic acids is 2. The van der Waals surface area contributed by atoms with E-state index >= 15 is 0 Å². The highest BCUT2D eigenvalue weighted by Gasteiger charge is 2.38. The first-order chi connectivity index (χ1) is 16.7. The van der Waals surface area contributed by atoms with Crippen molar-refractivity contribution < 1.29 is 62.3 Å². The minimum absolute atomic E-state index is 0.0281. The number of carboxylic acid groups (broad SMARTS) is 2. The van der Waals surface area contributed by atoms with Crippen molar-refractivity contribution in [3.63, 3.8) is 0 Å². The molecule has 1 aromatic carbocycles. The SMILES string of the molecule is NCCC(=O)N[C@H]1COC(=O)c2cc(O)cc(O)c2CSC[C@@H](C(=O)O)NC1=O.O=C(O)C(F)(F)F. The maximum atomic E-state index is 12.4. The number of ether oxygens (including phenoxy) is 1. The second kappa shape index (κ2) is 13.4. The van der Waals surface area contributed by atoms with E-state index < -0.39 is 54.6 Å². The van der Waals surface area contributed by atoms with Crippen molar-refractivity contribution in [2.45, 2.75) is 30.4 Å². The predicted molar refractivity (Wildman–Crippen MR) is 115 cm³/mol. The Morgan fingerprint density at radius 2 is 1.81 bits per heavy atom. The number of benzene rings is 1. The number of hydrogen-bond acceptors (Lipinski definition) is 10. The molecule has 0 saturated carbocycles. The smallest absolute Gasteiger partial charge is 0.490 e. The van der Waals surface area contributed by atoms with Gasteiger partial charge in [-0.05, 0) is 6.07 Å². The van der Waals surface area contributed by atoms with E-state index in [-0.39, 0.29) is 47.1 Å². The topological polar surface area (TPSA) is 226 Å². The Morgan fingerprint density at radius 3 is 2.33 bits per heavy atom. The van der Waals surface area contributed by atoms with E-state index in [1.54, 1.807) is 0 Å². The monoisotopic (exact) mass is 541 g/mol. The maximum Gasteiger partial charge on any atom is 0.490 e. The van der Waals surface area contributed by atoms with Gasteiger partial charge in [0, 0.05) is 36.1 Å². The number of carbonyl (C=O) groups is 5. The summed E-state index contributed by atoms with van der Waals surface area (Å²) >= 11 is 1.05. The molecule has 2 amide bonds. The highest BCUT2D eigenvalue weighted by atomic mass is 32.2. The first-order valence-electron chi connectivity index (χ1n) is 9.79. The summed E-state index contributed by atoms with van der Waals surface area (Å²) in [6.45, 7) is -0.559. The molecule has 0 unspecified atom stereocenters. The molecule has 8 N–H and O–H groups in total. The first-order valence-corrected chi connectivity index (χ1v) is 10.9.